The molecule has 0 saturated carbocycles. The third-order valence-electron chi connectivity index (χ3n) is 7.73. The van der Waals surface area contributed by atoms with Crippen LogP contribution in [-0.4, -0.2) is 27.0 Å². The van der Waals surface area contributed by atoms with Gasteiger partial charge in [0, 0.05) is 17.5 Å². The van der Waals surface area contributed by atoms with Crippen LogP contribution in [0.1, 0.15) is 85.8 Å². The molecule has 0 aliphatic carbocycles. The summed E-state index contributed by atoms with van der Waals surface area (Å²) in [6.45, 7) is 27.5. The van der Waals surface area contributed by atoms with E-state index in [1.807, 2.05) is 18.2 Å². The minimum Gasteiger partial charge on any atom is -0.417 e. The lowest BCUT2D eigenvalue weighted by molar-refractivity contribution is 0.180. The van der Waals surface area contributed by atoms with E-state index >= 15 is 0 Å². The van der Waals surface area contributed by atoms with Crippen LogP contribution in [0.5, 0.6) is 0 Å². The summed E-state index contributed by atoms with van der Waals surface area (Å²) in [5, 5.41) is 0.997. The second-order valence-corrected chi connectivity index (χ2v) is 18.7. The molecular formula is C30H50ClNO2Si. The maximum Gasteiger partial charge on any atom is 0.235 e. The van der Waals surface area contributed by atoms with Gasteiger partial charge in [0.1, 0.15) is 0 Å². The first kappa shape index (κ1) is 31.8. The van der Waals surface area contributed by atoms with Crippen LogP contribution in [0.2, 0.25) is 23.2 Å². The molecule has 1 aromatic carbocycles. The fourth-order valence-electron chi connectivity index (χ4n) is 4.23. The van der Waals surface area contributed by atoms with Crippen LogP contribution < -0.4 is 0 Å². The maximum absolute atomic E-state index is 11.4. The van der Waals surface area contributed by atoms with Crippen molar-refractivity contribution >= 4 is 26.0 Å². The van der Waals surface area contributed by atoms with Crippen LogP contribution in [0.4, 0.5) is 0 Å². The molecule has 1 aromatic rings. The average Bonchev–Trinajstić information content (AvgIpc) is 2.69. The van der Waals surface area contributed by atoms with Gasteiger partial charge in [-0.05, 0) is 78.3 Å². The summed E-state index contributed by atoms with van der Waals surface area (Å²) in [6, 6.07) is 6.06. The molecule has 0 N–H and O–H groups in total. The Morgan fingerprint density at radius 2 is 1.74 bits per heavy atom. The van der Waals surface area contributed by atoms with Crippen molar-refractivity contribution in [1.82, 2.24) is 0 Å². The molecule has 198 valence electrons. The first-order valence-corrected chi connectivity index (χ1v) is 16.3. The molecule has 0 amide bonds. The zero-order chi connectivity index (χ0) is 27.1. The Balaban J connectivity index is 2.91. The minimum absolute atomic E-state index is 0.0381. The first-order valence-electron chi connectivity index (χ1n) is 13.0. The van der Waals surface area contributed by atoms with E-state index in [4.69, 9.17) is 16.0 Å². The second kappa shape index (κ2) is 12.9. The van der Waals surface area contributed by atoms with E-state index in [1.54, 1.807) is 0 Å². The number of isocyanates is 1. The summed E-state index contributed by atoms with van der Waals surface area (Å²) >= 11 is 6.64. The van der Waals surface area contributed by atoms with Crippen molar-refractivity contribution in [3.8, 4) is 0 Å². The summed E-state index contributed by atoms with van der Waals surface area (Å²) in [6.07, 6.45) is 8.38. The number of nitrogens with zero attached hydrogens (tertiary/aromatic N) is 1. The van der Waals surface area contributed by atoms with Gasteiger partial charge in [0.15, 0.2) is 8.32 Å². The van der Waals surface area contributed by atoms with E-state index in [9.17, 15) is 4.79 Å². The molecule has 35 heavy (non-hydrogen) atoms. The average molecular weight is 520 g/mol. The molecular weight excluding hydrogens is 470 g/mol. The molecule has 1 rings (SSSR count). The van der Waals surface area contributed by atoms with E-state index < -0.39 is 8.32 Å². The normalized spacial score (nSPS) is 14.8. The van der Waals surface area contributed by atoms with Crippen molar-refractivity contribution in [3.05, 3.63) is 47.0 Å². The van der Waals surface area contributed by atoms with Gasteiger partial charge in [0.2, 0.25) is 6.08 Å². The molecule has 0 radical (unpaired) electrons. The number of aliphatic imine (C=N–C) groups is 1. The Hall–Kier alpha value is -1.19. The van der Waals surface area contributed by atoms with Gasteiger partial charge in [0.05, 0.1) is 6.04 Å². The molecule has 0 saturated heterocycles. The summed E-state index contributed by atoms with van der Waals surface area (Å²) in [7, 11) is -1.75. The Morgan fingerprint density at radius 1 is 1.11 bits per heavy atom. The van der Waals surface area contributed by atoms with E-state index in [0.717, 1.165) is 42.9 Å². The van der Waals surface area contributed by atoms with Crippen LogP contribution in [0.25, 0.3) is 0 Å². The Morgan fingerprint density at radius 3 is 2.23 bits per heavy atom. The Labute approximate surface area is 221 Å². The molecule has 0 aromatic heterocycles. The number of carbonyl (C=O) groups excluding carboxylic acids is 1. The lowest BCUT2D eigenvalue weighted by Gasteiger charge is -2.38. The molecule has 2 atom stereocenters. The van der Waals surface area contributed by atoms with Crippen LogP contribution in [0.15, 0.2) is 35.8 Å². The number of aryl methyl sites for hydroxylation is 1. The predicted molar refractivity (Wildman–Crippen MR) is 155 cm³/mol. The molecule has 0 aliphatic heterocycles. The predicted octanol–water partition coefficient (Wildman–Crippen LogP) is 9.20. The molecule has 3 nitrogen and oxygen atoms in total. The van der Waals surface area contributed by atoms with Crippen LogP contribution in [0.3, 0.4) is 0 Å². The fourth-order valence-corrected chi connectivity index (χ4v) is 5.61. The van der Waals surface area contributed by atoms with Crippen molar-refractivity contribution in [2.24, 2.45) is 21.7 Å². The fraction of sp³-hybridized carbons (Fsp3) is 0.700. The van der Waals surface area contributed by atoms with Gasteiger partial charge in [0.25, 0.3) is 0 Å². The Bertz CT molecular complexity index is 873. The van der Waals surface area contributed by atoms with Gasteiger partial charge in [-0.3, -0.25) is 0 Å². The van der Waals surface area contributed by atoms with Crippen LogP contribution >= 0.6 is 11.6 Å². The Kier molecular flexibility index (Phi) is 11.7. The van der Waals surface area contributed by atoms with Gasteiger partial charge in [-0.2, -0.15) is 0 Å². The molecule has 0 fully saturated rings. The van der Waals surface area contributed by atoms with Crippen molar-refractivity contribution in [2.75, 3.05) is 6.61 Å². The van der Waals surface area contributed by atoms with Crippen molar-refractivity contribution in [1.29, 1.82) is 0 Å². The second-order valence-electron chi connectivity index (χ2n) is 13.4. The van der Waals surface area contributed by atoms with Crippen molar-refractivity contribution in [3.63, 3.8) is 0 Å². The van der Waals surface area contributed by atoms with Crippen molar-refractivity contribution in [2.45, 2.75) is 112 Å². The smallest absolute Gasteiger partial charge is 0.235 e. The third kappa shape index (κ3) is 10.4. The van der Waals surface area contributed by atoms with Gasteiger partial charge < -0.3 is 4.43 Å². The molecule has 0 heterocycles. The topological polar surface area (TPSA) is 38.7 Å². The van der Waals surface area contributed by atoms with Crippen LogP contribution in [0, 0.1) is 16.7 Å². The number of halogens is 1. The number of hydrogen-bond acceptors (Lipinski definition) is 3. The van der Waals surface area contributed by atoms with Crippen molar-refractivity contribution < 1.29 is 9.22 Å². The zero-order valence-electron chi connectivity index (χ0n) is 24.1. The molecule has 0 bridgehead atoms. The summed E-state index contributed by atoms with van der Waals surface area (Å²) < 4.78 is 6.38. The largest absolute Gasteiger partial charge is 0.417 e. The monoisotopic (exact) mass is 519 g/mol. The van der Waals surface area contributed by atoms with Crippen LogP contribution in [-0.2, 0) is 22.1 Å². The minimum atomic E-state index is -1.75. The quantitative estimate of drug-likeness (QED) is 0.0855. The SMILES string of the molecule is C=CC(C(Cc1ccc(CCC(C)(C)C)c(Cl)c1)N=C=O)C(C)(C)CCCO[Si](C)(C)C(C)(C)C. The maximum atomic E-state index is 11.4. The molecule has 0 spiro atoms. The summed E-state index contributed by atoms with van der Waals surface area (Å²) in [5.41, 5.74) is 2.44. The highest BCUT2D eigenvalue weighted by atomic mass is 35.5. The standard InChI is InChI=1S/C30H50ClNO2Si/c1-12-25(30(8,9)17-13-19-34-35(10,11)29(5,6)7)27(32-22-33)21-23-14-15-24(26(31)20-23)16-18-28(2,3)4/h12,14-15,20,25,27H,1,13,16-19,21H2,2-11H3. The highest BCUT2D eigenvalue weighted by molar-refractivity contribution is 6.74. The number of rotatable bonds is 13. The van der Waals surface area contributed by atoms with Gasteiger partial charge >= 0.3 is 0 Å². The lowest BCUT2D eigenvalue weighted by Crippen LogP contribution is -2.41. The summed E-state index contributed by atoms with van der Waals surface area (Å²) in [5.74, 6) is 0.0381. The number of benzene rings is 1. The van der Waals surface area contributed by atoms with Gasteiger partial charge in [-0.1, -0.05) is 85.2 Å². The van der Waals surface area contributed by atoms with E-state index in [-0.39, 0.29) is 27.8 Å². The van der Waals surface area contributed by atoms with Gasteiger partial charge in [-0.15, -0.1) is 6.58 Å². The highest BCUT2D eigenvalue weighted by Gasteiger charge is 2.38. The van der Waals surface area contributed by atoms with E-state index in [1.165, 1.54) is 5.56 Å². The van der Waals surface area contributed by atoms with E-state index in [0.29, 0.717) is 6.42 Å². The number of hydrogen-bond donors (Lipinski definition) is 0. The third-order valence-corrected chi connectivity index (χ3v) is 12.6. The van der Waals surface area contributed by atoms with Gasteiger partial charge in [-0.25, -0.2) is 9.79 Å². The highest BCUT2D eigenvalue weighted by Crippen LogP contribution is 2.39. The first-order chi connectivity index (χ1) is 15.9. The van der Waals surface area contributed by atoms with E-state index in [2.05, 4.69) is 92.2 Å². The molecule has 5 heteroatoms. The molecule has 0 aliphatic rings. The zero-order valence-corrected chi connectivity index (χ0v) is 25.8. The summed E-state index contributed by atoms with van der Waals surface area (Å²) in [4.78, 5) is 15.6. The lowest BCUT2D eigenvalue weighted by atomic mass is 9.71. The molecule has 2 unspecified atom stereocenters.